The van der Waals surface area contributed by atoms with Gasteiger partial charge in [-0.1, -0.05) is 19.1 Å². The Morgan fingerprint density at radius 1 is 1.04 bits per heavy atom. The van der Waals surface area contributed by atoms with Crippen molar-refractivity contribution in [3.8, 4) is 0 Å². The molecule has 6 heteroatoms. The monoisotopic (exact) mass is 365 g/mol. The third-order valence-corrected chi connectivity index (χ3v) is 7.40. The number of nitrogens with zero attached hydrogens (tertiary/aromatic N) is 1. The first-order chi connectivity index (χ1) is 11.9. The van der Waals surface area contributed by atoms with Gasteiger partial charge in [0.05, 0.1) is 4.90 Å². The lowest BCUT2D eigenvalue weighted by molar-refractivity contribution is -0.136. The van der Waals surface area contributed by atoms with Crippen molar-refractivity contribution in [3.63, 3.8) is 0 Å². The van der Waals surface area contributed by atoms with Crippen LogP contribution in [-0.4, -0.2) is 35.9 Å². The molecule has 2 aliphatic rings. The van der Waals surface area contributed by atoms with E-state index < -0.39 is 16.0 Å². The molecule has 1 aromatic rings. The molecular weight excluding hydrogens is 338 g/mol. The Morgan fingerprint density at radius 2 is 1.56 bits per heavy atom. The van der Waals surface area contributed by atoms with Gasteiger partial charge < -0.3 is 5.11 Å². The lowest BCUT2D eigenvalue weighted by Gasteiger charge is -2.35. The molecule has 0 amide bonds. The molecule has 1 aromatic carbocycles. The van der Waals surface area contributed by atoms with E-state index in [2.05, 4.69) is 6.92 Å². The minimum absolute atomic E-state index is 0.0561. The summed E-state index contributed by atoms with van der Waals surface area (Å²) in [7, 11) is -3.49. The van der Waals surface area contributed by atoms with Crippen molar-refractivity contribution in [3.05, 3.63) is 29.8 Å². The fourth-order valence-corrected chi connectivity index (χ4v) is 5.65. The molecule has 138 valence electrons. The molecule has 2 saturated carbocycles. The Hall–Kier alpha value is -1.40. The summed E-state index contributed by atoms with van der Waals surface area (Å²) in [6, 6.07) is 7.03. The number of carboxylic acid groups (broad SMARTS) is 1. The van der Waals surface area contributed by atoms with Gasteiger partial charge in [-0.05, 0) is 68.6 Å². The first kappa shape index (κ1) is 18.4. The maximum atomic E-state index is 13.2. The van der Waals surface area contributed by atoms with E-state index in [1.165, 1.54) is 0 Å². The van der Waals surface area contributed by atoms with Crippen LogP contribution in [0.5, 0.6) is 0 Å². The molecule has 0 radical (unpaired) electrons. The van der Waals surface area contributed by atoms with E-state index in [4.69, 9.17) is 5.11 Å². The van der Waals surface area contributed by atoms with Gasteiger partial charge in [-0.25, -0.2) is 8.42 Å². The number of carbonyl (C=O) groups is 1. The second-order valence-corrected chi connectivity index (χ2v) is 9.36. The van der Waals surface area contributed by atoms with Crippen LogP contribution in [0.4, 0.5) is 0 Å². The largest absolute Gasteiger partial charge is 0.481 e. The third kappa shape index (κ3) is 4.42. The predicted octanol–water partition coefficient (Wildman–Crippen LogP) is 3.44. The van der Waals surface area contributed by atoms with E-state index in [1.807, 2.05) is 0 Å². The van der Waals surface area contributed by atoms with Crippen molar-refractivity contribution in [2.24, 2.45) is 5.92 Å². The second-order valence-electron chi connectivity index (χ2n) is 7.52. The Kier molecular flexibility index (Phi) is 5.49. The van der Waals surface area contributed by atoms with E-state index in [0.717, 1.165) is 44.1 Å². The van der Waals surface area contributed by atoms with Gasteiger partial charge in [0.15, 0.2) is 0 Å². The first-order valence-electron chi connectivity index (χ1n) is 9.22. The van der Waals surface area contributed by atoms with Gasteiger partial charge in [-0.2, -0.15) is 4.31 Å². The molecule has 0 saturated heterocycles. The normalized spacial score (nSPS) is 24.4. The summed E-state index contributed by atoms with van der Waals surface area (Å²) in [5, 5.41) is 8.76. The molecule has 3 rings (SSSR count). The maximum absolute atomic E-state index is 13.2. The number of hydrogen-bond donors (Lipinski definition) is 1. The molecule has 0 spiro atoms. The SMILES string of the molecule is CC1CCC(N(C2CC2)S(=O)(=O)c2ccc(CCC(=O)O)cc2)CC1. The maximum Gasteiger partial charge on any atom is 0.303 e. The van der Waals surface area contributed by atoms with Crippen LogP contribution in [0.2, 0.25) is 0 Å². The molecule has 0 atom stereocenters. The number of carboxylic acids is 1. The number of sulfonamides is 1. The van der Waals surface area contributed by atoms with Gasteiger partial charge in [0.25, 0.3) is 0 Å². The average molecular weight is 365 g/mol. The number of aryl methyl sites for hydroxylation is 1. The topological polar surface area (TPSA) is 74.7 Å². The Labute approximate surface area is 150 Å². The molecule has 0 aromatic heterocycles. The van der Waals surface area contributed by atoms with Crippen LogP contribution in [0.15, 0.2) is 29.2 Å². The summed E-state index contributed by atoms with van der Waals surface area (Å²) in [5.41, 5.74) is 0.853. The molecule has 5 nitrogen and oxygen atoms in total. The smallest absolute Gasteiger partial charge is 0.303 e. The van der Waals surface area contributed by atoms with Crippen molar-refractivity contribution < 1.29 is 18.3 Å². The fraction of sp³-hybridized carbons (Fsp3) is 0.632. The highest BCUT2D eigenvalue weighted by Gasteiger charge is 2.43. The molecule has 2 aliphatic carbocycles. The van der Waals surface area contributed by atoms with Crippen LogP contribution in [0, 0.1) is 5.92 Å². The molecule has 0 aliphatic heterocycles. The average Bonchev–Trinajstić information content (AvgIpc) is 3.40. The van der Waals surface area contributed by atoms with Gasteiger partial charge in [0.2, 0.25) is 10.0 Å². The summed E-state index contributed by atoms with van der Waals surface area (Å²) < 4.78 is 28.2. The summed E-state index contributed by atoms with van der Waals surface area (Å²) in [5.74, 6) is -0.156. The van der Waals surface area contributed by atoms with E-state index in [0.29, 0.717) is 17.2 Å². The van der Waals surface area contributed by atoms with Gasteiger partial charge in [0, 0.05) is 18.5 Å². The van der Waals surface area contributed by atoms with E-state index in [1.54, 1.807) is 28.6 Å². The van der Waals surface area contributed by atoms with Crippen molar-refractivity contribution in [1.29, 1.82) is 0 Å². The lowest BCUT2D eigenvalue weighted by atomic mass is 9.87. The van der Waals surface area contributed by atoms with Crippen LogP contribution in [0.3, 0.4) is 0 Å². The summed E-state index contributed by atoms with van der Waals surface area (Å²) in [6.45, 7) is 2.24. The molecule has 0 bridgehead atoms. The number of rotatable bonds is 7. The molecule has 1 N–H and O–H groups in total. The predicted molar refractivity (Wildman–Crippen MR) is 95.9 cm³/mol. The van der Waals surface area contributed by atoms with Crippen molar-refractivity contribution in [2.75, 3.05) is 0 Å². The Balaban J connectivity index is 1.77. The fourth-order valence-electron chi connectivity index (χ4n) is 3.72. The highest BCUT2D eigenvalue weighted by Crippen LogP contribution is 2.39. The summed E-state index contributed by atoms with van der Waals surface area (Å²) >= 11 is 0. The zero-order valence-corrected chi connectivity index (χ0v) is 15.5. The minimum Gasteiger partial charge on any atom is -0.481 e. The van der Waals surface area contributed by atoms with Gasteiger partial charge >= 0.3 is 5.97 Å². The van der Waals surface area contributed by atoms with Crippen LogP contribution in [0.1, 0.15) is 57.4 Å². The van der Waals surface area contributed by atoms with E-state index >= 15 is 0 Å². The third-order valence-electron chi connectivity index (χ3n) is 5.38. The zero-order valence-electron chi connectivity index (χ0n) is 14.7. The molecule has 0 unspecified atom stereocenters. The van der Waals surface area contributed by atoms with Crippen LogP contribution in [0.25, 0.3) is 0 Å². The summed E-state index contributed by atoms with van der Waals surface area (Å²) in [6.07, 6.45) is 6.49. The summed E-state index contributed by atoms with van der Waals surface area (Å²) in [4.78, 5) is 11.0. The minimum atomic E-state index is -3.49. The van der Waals surface area contributed by atoms with Crippen molar-refractivity contribution >= 4 is 16.0 Å². The molecule has 25 heavy (non-hydrogen) atoms. The van der Waals surface area contributed by atoms with Gasteiger partial charge in [-0.3, -0.25) is 4.79 Å². The van der Waals surface area contributed by atoms with Gasteiger partial charge in [-0.15, -0.1) is 0 Å². The quantitative estimate of drug-likeness (QED) is 0.803. The van der Waals surface area contributed by atoms with Gasteiger partial charge in [0.1, 0.15) is 0 Å². The number of hydrogen-bond acceptors (Lipinski definition) is 3. The zero-order chi connectivity index (χ0) is 18.0. The number of aliphatic carboxylic acids is 1. The Bertz CT molecular complexity index is 701. The van der Waals surface area contributed by atoms with E-state index in [-0.39, 0.29) is 18.5 Å². The van der Waals surface area contributed by atoms with Crippen molar-refractivity contribution in [1.82, 2.24) is 4.31 Å². The first-order valence-corrected chi connectivity index (χ1v) is 10.7. The highest BCUT2D eigenvalue weighted by molar-refractivity contribution is 7.89. The van der Waals surface area contributed by atoms with E-state index in [9.17, 15) is 13.2 Å². The molecule has 2 fully saturated rings. The highest BCUT2D eigenvalue weighted by atomic mass is 32.2. The van der Waals surface area contributed by atoms with Crippen LogP contribution >= 0.6 is 0 Å². The van der Waals surface area contributed by atoms with Crippen LogP contribution in [-0.2, 0) is 21.2 Å². The number of benzene rings is 1. The standard InChI is InChI=1S/C19H27NO4S/c1-14-2-7-16(8-3-14)20(17-9-10-17)25(23,24)18-11-4-15(5-12-18)6-13-19(21)22/h4-5,11-12,14,16-17H,2-3,6-10,13H2,1H3,(H,21,22). The van der Waals surface area contributed by atoms with Crippen molar-refractivity contribution in [2.45, 2.75) is 75.3 Å². The Morgan fingerprint density at radius 3 is 2.04 bits per heavy atom. The molecular formula is C19H27NO4S. The second kappa shape index (κ2) is 7.46. The lowest BCUT2D eigenvalue weighted by Crippen LogP contribution is -2.43. The molecule has 0 heterocycles. The van der Waals surface area contributed by atoms with Crippen LogP contribution < -0.4 is 0 Å².